The van der Waals surface area contributed by atoms with Crippen LogP contribution in [0.25, 0.3) is 19.8 Å². The van der Waals surface area contributed by atoms with E-state index >= 15 is 0 Å². The first kappa shape index (κ1) is 9.88. The summed E-state index contributed by atoms with van der Waals surface area (Å²) in [6.45, 7) is 0. The molecule has 0 fully saturated rings. The maximum Gasteiger partial charge on any atom is 0.203 e. The van der Waals surface area contributed by atoms with Crippen molar-refractivity contribution >= 4 is 39.1 Å². The van der Waals surface area contributed by atoms with Crippen molar-refractivity contribution in [3.8, 4) is 19.8 Å². The van der Waals surface area contributed by atoms with Gasteiger partial charge in [-0.25, -0.2) is 4.98 Å². The lowest BCUT2D eigenvalue weighted by molar-refractivity contribution is 1.10. The molecule has 3 heterocycles. The summed E-state index contributed by atoms with van der Waals surface area (Å²) in [6.07, 6.45) is 1.82. The number of rotatable bonds is 2. The molecule has 80 valence electrons. The second kappa shape index (κ2) is 3.93. The summed E-state index contributed by atoms with van der Waals surface area (Å²) in [5.74, 6) is 0. The summed E-state index contributed by atoms with van der Waals surface area (Å²) < 4.78 is 0. The molecule has 0 saturated heterocycles. The molecule has 0 aliphatic heterocycles. The van der Waals surface area contributed by atoms with Gasteiger partial charge in [-0.2, -0.15) is 0 Å². The van der Waals surface area contributed by atoms with E-state index in [2.05, 4.69) is 21.2 Å². The third-order valence-corrected chi connectivity index (χ3v) is 4.85. The monoisotopic (exact) mass is 266 g/mol. The topological polar surface area (TPSA) is 64.7 Å². The number of aromatic nitrogens is 3. The van der Waals surface area contributed by atoms with Gasteiger partial charge < -0.3 is 5.73 Å². The zero-order valence-electron chi connectivity index (χ0n) is 7.95. The van der Waals surface area contributed by atoms with Crippen LogP contribution in [0.5, 0.6) is 0 Å². The predicted molar refractivity (Wildman–Crippen MR) is 68.7 cm³/mol. The molecule has 4 nitrogen and oxygen atoms in total. The number of hydrogen-bond acceptors (Lipinski definition) is 7. The minimum atomic E-state index is 0.487. The molecule has 0 atom stereocenters. The minimum absolute atomic E-state index is 0.487. The number of nitrogens with two attached hydrogens (primary N) is 1. The Balaban J connectivity index is 2.00. The van der Waals surface area contributed by atoms with Crippen LogP contribution in [0.3, 0.4) is 0 Å². The van der Waals surface area contributed by atoms with Gasteiger partial charge in [-0.15, -0.1) is 32.9 Å². The Morgan fingerprint density at radius 3 is 2.69 bits per heavy atom. The van der Waals surface area contributed by atoms with Crippen LogP contribution in [0.15, 0.2) is 23.7 Å². The first-order chi connectivity index (χ1) is 7.83. The molecule has 16 heavy (non-hydrogen) atoms. The fourth-order valence-corrected chi connectivity index (χ4v) is 3.59. The van der Waals surface area contributed by atoms with Crippen LogP contribution < -0.4 is 5.73 Å². The smallest absolute Gasteiger partial charge is 0.203 e. The standard InChI is InChI=1S/C9H6N4S3/c10-9-13-12-8(16-9)6-4-11-7(15-6)5-2-1-3-14-5/h1-4H,(H2,10,13). The van der Waals surface area contributed by atoms with Gasteiger partial charge in [0.1, 0.15) is 5.01 Å². The van der Waals surface area contributed by atoms with E-state index < -0.39 is 0 Å². The third-order valence-electron chi connectivity index (χ3n) is 1.89. The van der Waals surface area contributed by atoms with E-state index in [9.17, 15) is 0 Å². The molecule has 0 saturated carbocycles. The predicted octanol–water partition coefficient (Wildman–Crippen LogP) is 2.97. The summed E-state index contributed by atoms with van der Waals surface area (Å²) in [4.78, 5) is 6.56. The average molecular weight is 266 g/mol. The molecule has 3 rings (SSSR count). The van der Waals surface area contributed by atoms with Crippen LogP contribution in [0.4, 0.5) is 5.13 Å². The van der Waals surface area contributed by atoms with Crippen molar-refractivity contribution in [2.45, 2.75) is 0 Å². The number of anilines is 1. The Morgan fingerprint density at radius 2 is 2.00 bits per heavy atom. The highest BCUT2D eigenvalue weighted by molar-refractivity contribution is 7.26. The summed E-state index contributed by atoms with van der Waals surface area (Å²) in [5.41, 5.74) is 5.55. The molecule has 0 spiro atoms. The van der Waals surface area contributed by atoms with Crippen LogP contribution in [-0.2, 0) is 0 Å². The van der Waals surface area contributed by atoms with E-state index in [1.54, 1.807) is 22.7 Å². The van der Waals surface area contributed by atoms with Gasteiger partial charge in [0.25, 0.3) is 0 Å². The Kier molecular flexibility index (Phi) is 2.43. The number of thiophene rings is 1. The molecule has 0 aliphatic carbocycles. The highest BCUT2D eigenvalue weighted by Gasteiger charge is 2.10. The zero-order chi connectivity index (χ0) is 11.0. The SMILES string of the molecule is Nc1nnc(-c2cnc(-c3cccs3)s2)s1. The number of nitrogens with zero attached hydrogens (tertiary/aromatic N) is 3. The maximum atomic E-state index is 5.55. The largest absolute Gasteiger partial charge is 0.374 e. The van der Waals surface area contributed by atoms with Crippen molar-refractivity contribution in [1.29, 1.82) is 0 Å². The van der Waals surface area contributed by atoms with Crippen LogP contribution in [0, 0.1) is 0 Å². The molecular weight excluding hydrogens is 260 g/mol. The van der Waals surface area contributed by atoms with Crippen LogP contribution >= 0.6 is 34.0 Å². The number of nitrogen functional groups attached to an aromatic ring is 1. The van der Waals surface area contributed by atoms with Crippen molar-refractivity contribution in [3.05, 3.63) is 23.7 Å². The van der Waals surface area contributed by atoms with Gasteiger partial charge in [-0.05, 0) is 11.4 Å². The Morgan fingerprint density at radius 1 is 1.06 bits per heavy atom. The second-order valence-corrected chi connectivity index (χ2v) is 5.94. The fraction of sp³-hybridized carbons (Fsp3) is 0. The molecule has 0 unspecified atom stereocenters. The molecule has 0 radical (unpaired) electrons. The molecule has 0 amide bonds. The van der Waals surface area contributed by atoms with E-state index in [0.29, 0.717) is 5.13 Å². The lowest BCUT2D eigenvalue weighted by atomic mass is 10.5. The molecule has 2 N–H and O–H groups in total. The molecular formula is C9H6N4S3. The quantitative estimate of drug-likeness (QED) is 0.774. The third kappa shape index (κ3) is 1.73. The van der Waals surface area contributed by atoms with E-state index in [-0.39, 0.29) is 0 Å². The molecule has 0 aromatic carbocycles. The molecule has 0 bridgehead atoms. The normalized spacial score (nSPS) is 10.8. The maximum absolute atomic E-state index is 5.55. The minimum Gasteiger partial charge on any atom is -0.374 e. The molecule has 3 aromatic rings. The van der Waals surface area contributed by atoms with Crippen molar-refractivity contribution in [2.24, 2.45) is 0 Å². The van der Waals surface area contributed by atoms with Gasteiger partial charge in [0, 0.05) is 6.20 Å². The Hall–Kier alpha value is -1.31. The first-order valence-electron chi connectivity index (χ1n) is 4.42. The summed E-state index contributed by atoms with van der Waals surface area (Å²) in [5, 5.41) is 12.2. The fourth-order valence-electron chi connectivity index (χ4n) is 1.22. The van der Waals surface area contributed by atoms with E-state index in [0.717, 1.165) is 14.9 Å². The average Bonchev–Trinajstić information content (AvgIpc) is 2.97. The number of hydrogen-bond donors (Lipinski definition) is 1. The van der Waals surface area contributed by atoms with Gasteiger partial charge in [0.05, 0.1) is 9.75 Å². The van der Waals surface area contributed by atoms with Crippen LogP contribution in [0.2, 0.25) is 0 Å². The summed E-state index contributed by atoms with van der Waals surface area (Å²) in [7, 11) is 0. The highest BCUT2D eigenvalue weighted by atomic mass is 32.1. The molecule has 0 aliphatic rings. The van der Waals surface area contributed by atoms with Crippen molar-refractivity contribution in [3.63, 3.8) is 0 Å². The van der Waals surface area contributed by atoms with Crippen molar-refractivity contribution in [1.82, 2.24) is 15.2 Å². The second-order valence-electron chi connectivity index (χ2n) is 2.95. The Bertz CT molecular complexity index is 596. The van der Waals surface area contributed by atoms with Gasteiger partial charge in [-0.3, -0.25) is 0 Å². The lowest BCUT2D eigenvalue weighted by Gasteiger charge is -1.86. The first-order valence-corrected chi connectivity index (χ1v) is 6.93. The summed E-state index contributed by atoms with van der Waals surface area (Å²) in [6, 6.07) is 4.08. The van der Waals surface area contributed by atoms with Gasteiger partial charge in [0.15, 0.2) is 5.01 Å². The zero-order valence-corrected chi connectivity index (χ0v) is 10.4. The lowest BCUT2D eigenvalue weighted by Crippen LogP contribution is -1.79. The van der Waals surface area contributed by atoms with Gasteiger partial charge >= 0.3 is 0 Å². The van der Waals surface area contributed by atoms with Crippen molar-refractivity contribution < 1.29 is 0 Å². The van der Waals surface area contributed by atoms with E-state index in [1.165, 1.54) is 16.2 Å². The number of thiazole rings is 1. The van der Waals surface area contributed by atoms with E-state index in [1.807, 2.05) is 17.6 Å². The van der Waals surface area contributed by atoms with Gasteiger partial charge in [-0.1, -0.05) is 17.4 Å². The Labute approximate surface area is 103 Å². The van der Waals surface area contributed by atoms with Crippen LogP contribution in [-0.4, -0.2) is 15.2 Å². The van der Waals surface area contributed by atoms with Crippen molar-refractivity contribution in [2.75, 3.05) is 5.73 Å². The highest BCUT2D eigenvalue weighted by Crippen LogP contribution is 2.35. The van der Waals surface area contributed by atoms with Crippen LogP contribution in [0.1, 0.15) is 0 Å². The molecule has 7 heteroatoms. The summed E-state index contributed by atoms with van der Waals surface area (Å²) >= 11 is 4.67. The molecule has 3 aromatic heterocycles. The van der Waals surface area contributed by atoms with Gasteiger partial charge in [0.2, 0.25) is 5.13 Å². The van der Waals surface area contributed by atoms with E-state index in [4.69, 9.17) is 5.73 Å².